The molecule has 146 valence electrons. The van der Waals surface area contributed by atoms with Gasteiger partial charge in [-0.05, 0) is 48.4 Å². The Bertz CT molecular complexity index is 970. The summed E-state index contributed by atoms with van der Waals surface area (Å²) in [6, 6.07) is 11.8. The van der Waals surface area contributed by atoms with Crippen LogP contribution in [-0.2, 0) is 4.74 Å². The lowest BCUT2D eigenvalue weighted by atomic mass is 10.1. The number of thiophene rings is 1. The molecule has 4 nitrogen and oxygen atoms in total. The number of nitrogens with one attached hydrogen (secondary N) is 1. The first-order valence-corrected chi connectivity index (χ1v) is 9.38. The summed E-state index contributed by atoms with van der Waals surface area (Å²) in [4.78, 5) is 14.0. The van der Waals surface area contributed by atoms with Crippen LogP contribution in [0.15, 0.2) is 48.5 Å². The number of rotatable bonds is 7. The second-order valence-corrected chi connectivity index (χ2v) is 7.12. The molecule has 28 heavy (non-hydrogen) atoms. The molecule has 0 aliphatic rings. The second kappa shape index (κ2) is 8.95. The normalized spacial score (nSPS) is 10.7. The average molecular weight is 403 g/mol. The van der Waals surface area contributed by atoms with Crippen LogP contribution >= 0.6 is 11.3 Å². The van der Waals surface area contributed by atoms with Gasteiger partial charge in [-0.3, -0.25) is 4.79 Å². The van der Waals surface area contributed by atoms with Crippen LogP contribution in [0.1, 0.15) is 15.2 Å². The van der Waals surface area contributed by atoms with Crippen molar-refractivity contribution in [3.63, 3.8) is 0 Å². The van der Waals surface area contributed by atoms with Gasteiger partial charge in [0.1, 0.15) is 24.0 Å². The third-order valence-electron chi connectivity index (χ3n) is 3.98. The molecule has 0 atom stereocenters. The van der Waals surface area contributed by atoms with E-state index in [0.29, 0.717) is 17.2 Å². The van der Waals surface area contributed by atoms with Crippen molar-refractivity contribution in [2.24, 2.45) is 0 Å². The molecule has 3 aromatic rings. The van der Waals surface area contributed by atoms with Crippen molar-refractivity contribution in [2.45, 2.75) is 6.92 Å². The van der Waals surface area contributed by atoms with Gasteiger partial charge in [-0.25, -0.2) is 8.78 Å². The van der Waals surface area contributed by atoms with Gasteiger partial charge in [0, 0.05) is 18.1 Å². The van der Waals surface area contributed by atoms with Crippen LogP contribution in [0.25, 0.3) is 10.4 Å². The van der Waals surface area contributed by atoms with E-state index < -0.39 is 5.82 Å². The molecule has 1 heterocycles. The molecule has 0 saturated carbocycles. The molecule has 0 bridgehead atoms. The first-order valence-electron chi connectivity index (χ1n) is 8.57. The average Bonchev–Trinajstić information content (AvgIpc) is 3.06. The Hall–Kier alpha value is -2.77. The van der Waals surface area contributed by atoms with Gasteiger partial charge in [0.2, 0.25) is 0 Å². The zero-order chi connectivity index (χ0) is 20.1. The van der Waals surface area contributed by atoms with Crippen molar-refractivity contribution >= 4 is 22.9 Å². The number of benzene rings is 2. The minimum absolute atomic E-state index is 0.246. The smallest absolute Gasteiger partial charge is 0.265 e. The largest absolute Gasteiger partial charge is 0.489 e. The van der Waals surface area contributed by atoms with E-state index in [1.807, 2.05) is 6.92 Å². The van der Waals surface area contributed by atoms with E-state index in [4.69, 9.17) is 9.47 Å². The van der Waals surface area contributed by atoms with Crippen molar-refractivity contribution in [3.8, 4) is 16.2 Å². The lowest BCUT2D eigenvalue weighted by molar-refractivity contribution is 0.102. The zero-order valence-corrected chi connectivity index (χ0v) is 16.2. The summed E-state index contributed by atoms with van der Waals surface area (Å²) in [5.41, 5.74) is 1.98. The minimum Gasteiger partial charge on any atom is -0.489 e. The molecule has 0 fully saturated rings. The van der Waals surface area contributed by atoms with Crippen molar-refractivity contribution in [1.29, 1.82) is 0 Å². The van der Waals surface area contributed by atoms with Crippen LogP contribution in [0.4, 0.5) is 14.5 Å². The van der Waals surface area contributed by atoms with Crippen LogP contribution in [-0.4, -0.2) is 26.2 Å². The summed E-state index contributed by atoms with van der Waals surface area (Å²) in [5, 5.41) is 2.70. The molecule has 0 radical (unpaired) electrons. The number of hydrogen-bond acceptors (Lipinski definition) is 4. The van der Waals surface area contributed by atoms with Gasteiger partial charge in [-0.15, -0.1) is 11.3 Å². The minimum atomic E-state index is -0.483. The highest BCUT2D eigenvalue weighted by atomic mass is 32.1. The summed E-state index contributed by atoms with van der Waals surface area (Å²) in [7, 11) is 1.55. The van der Waals surface area contributed by atoms with Gasteiger partial charge in [0.15, 0.2) is 0 Å². The number of carbonyl (C=O) groups excluding carboxylic acids is 1. The van der Waals surface area contributed by atoms with Crippen LogP contribution in [0, 0.1) is 18.6 Å². The number of anilines is 1. The van der Waals surface area contributed by atoms with Crippen LogP contribution in [0.5, 0.6) is 5.75 Å². The summed E-state index contributed by atoms with van der Waals surface area (Å²) < 4.78 is 37.3. The molecule has 2 aromatic carbocycles. The maximum atomic E-state index is 13.7. The van der Waals surface area contributed by atoms with Gasteiger partial charge in [-0.2, -0.15) is 0 Å². The number of amides is 1. The predicted molar refractivity (Wildman–Crippen MR) is 106 cm³/mol. The van der Waals surface area contributed by atoms with E-state index >= 15 is 0 Å². The van der Waals surface area contributed by atoms with Gasteiger partial charge in [0.05, 0.1) is 17.2 Å². The Balaban J connectivity index is 1.81. The maximum Gasteiger partial charge on any atom is 0.265 e. The van der Waals surface area contributed by atoms with Gasteiger partial charge >= 0.3 is 0 Å². The second-order valence-electron chi connectivity index (χ2n) is 6.07. The molecular weight excluding hydrogens is 384 g/mol. The number of hydrogen-bond donors (Lipinski definition) is 1. The molecule has 1 amide bonds. The SMILES string of the molecule is COCCOc1ccc(F)cc1NC(=O)c1cc(C)c(-c2ccc(F)cc2)s1. The third kappa shape index (κ3) is 4.74. The van der Waals surface area contributed by atoms with Gasteiger partial charge in [-0.1, -0.05) is 12.1 Å². The zero-order valence-electron chi connectivity index (χ0n) is 15.4. The molecule has 0 aliphatic heterocycles. The van der Waals surface area contributed by atoms with E-state index in [0.717, 1.165) is 16.0 Å². The van der Waals surface area contributed by atoms with E-state index in [1.54, 1.807) is 25.3 Å². The summed E-state index contributed by atoms with van der Waals surface area (Å²) in [6.07, 6.45) is 0. The fraction of sp³-hybridized carbons (Fsp3) is 0.190. The molecule has 0 unspecified atom stereocenters. The van der Waals surface area contributed by atoms with Crippen molar-refractivity contribution in [1.82, 2.24) is 0 Å². The van der Waals surface area contributed by atoms with E-state index in [1.165, 1.54) is 41.7 Å². The molecule has 7 heteroatoms. The molecule has 0 spiro atoms. The summed E-state index contributed by atoms with van der Waals surface area (Å²) in [6.45, 7) is 2.53. The fourth-order valence-electron chi connectivity index (χ4n) is 2.63. The van der Waals surface area contributed by atoms with E-state index in [2.05, 4.69) is 5.32 Å². The van der Waals surface area contributed by atoms with Crippen LogP contribution < -0.4 is 10.1 Å². The quantitative estimate of drug-likeness (QED) is 0.546. The van der Waals surface area contributed by atoms with Crippen molar-refractivity contribution in [3.05, 3.63) is 70.6 Å². The highest BCUT2D eigenvalue weighted by molar-refractivity contribution is 7.17. The molecule has 1 N–H and O–H groups in total. The first-order chi connectivity index (χ1) is 13.5. The Morgan fingerprint density at radius 3 is 2.46 bits per heavy atom. The topological polar surface area (TPSA) is 47.6 Å². The number of ether oxygens (including phenoxy) is 2. The number of aryl methyl sites for hydroxylation is 1. The standard InChI is InChI=1S/C21H19F2NO3S/c1-13-11-19(28-20(13)14-3-5-15(22)6-4-14)21(25)24-17-12-16(23)7-8-18(17)27-10-9-26-2/h3-8,11-12H,9-10H2,1-2H3,(H,24,25). The highest BCUT2D eigenvalue weighted by Crippen LogP contribution is 2.33. The monoisotopic (exact) mass is 403 g/mol. The molecule has 0 aliphatic carbocycles. The molecular formula is C21H19F2NO3S. The van der Waals surface area contributed by atoms with E-state index in [9.17, 15) is 13.6 Å². The molecule has 1 aromatic heterocycles. The highest BCUT2D eigenvalue weighted by Gasteiger charge is 2.16. The first kappa shape index (κ1) is 20.0. The lowest BCUT2D eigenvalue weighted by Gasteiger charge is -2.12. The Kier molecular flexibility index (Phi) is 6.38. The molecule has 3 rings (SSSR count). The van der Waals surface area contributed by atoms with Crippen molar-refractivity contribution in [2.75, 3.05) is 25.6 Å². The third-order valence-corrected chi connectivity index (χ3v) is 5.27. The number of methoxy groups -OCH3 is 1. The van der Waals surface area contributed by atoms with Crippen molar-refractivity contribution < 1.29 is 23.0 Å². The van der Waals surface area contributed by atoms with Crippen LogP contribution in [0.3, 0.4) is 0 Å². The fourth-order valence-corrected chi connectivity index (χ4v) is 3.70. The Labute approximate surface area is 165 Å². The number of carbonyl (C=O) groups is 1. The predicted octanol–water partition coefficient (Wildman–Crippen LogP) is 5.28. The van der Waals surface area contributed by atoms with Gasteiger partial charge < -0.3 is 14.8 Å². The summed E-state index contributed by atoms with van der Waals surface area (Å²) >= 11 is 1.29. The van der Waals surface area contributed by atoms with E-state index in [-0.39, 0.29) is 24.0 Å². The van der Waals surface area contributed by atoms with Gasteiger partial charge in [0.25, 0.3) is 5.91 Å². The summed E-state index contributed by atoms with van der Waals surface area (Å²) in [5.74, 6) is -0.811. The number of halogens is 2. The van der Waals surface area contributed by atoms with Crippen LogP contribution in [0.2, 0.25) is 0 Å². The lowest BCUT2D eigenvalue weighted by Crippen LogP contribution is -2.13. The Morgan fingerprint density at radius 1 is 1.04 bits per heavy atom. The maximum absolute atomic E-state index is 13.7. The molecule has 0 saturated heterocycles. The Morgan fingerprint density at radius 2 is 1.75 bits per heavy atom.